The zero-order valence-electron chi connectivity index (χ0n) is 14.0. The van der Waals surface area contributed by atoms with E-state index in [1.807, 2.05) is 6.92 Å². The predicted octanol–water partition coefficient (Wildman–Crippen LogP) is 0.705. The van der Waals surface area contributed by atoms with E-state index in [1.165, 1.54) is 12.3 Å². The number of nitrogens with one attached hydrogen (secondary N) is 1. The molecule has 0 aliphatic heterocycles. The highest BCUT2D eigenvalue weighted by atomic mass is 16.5. The Labute approximate surface area is 145 Å². The number of nitrogen functional groups attached to an aromatic ring is 1. The third-order valence-electron chi connectivity index (χ3n) is 3.41. The number of amides is 1. The fourth-order valence-electron chi connectivity index (χ4n) is 2.19. The van der Waals surface area contributed by atoms with Crippen molar-refractivity contribution >= 4 is 17.7 Å². The molecule has 6 N–H and O–H groups in total. The van der Waals surface area contributed by atoms with Crippen LogP contribution in [0.5, 0.6) is 5.75 Å². The van der Waals surface area contributed by atoms with Crippen molar-refractivity contribution in [2.45, 2.75) is 32.4 Å². The van der Waals surface area contributed by atoms with Crippen LogP contribution in [-0.4, -0.2) is 38.6 Å². The highest BCUT2D eigenvalue weighted by molar-refractivity contribution is 5.90. The Morgan fingerprint density at radius 1 is 1.40 bits per heavy atom. The van der Waals surface area contributed by atoms with E-state index < -0.39 is 5.91 Å². The van der Waals surface area contributed by atoms with Gasteiger partial charge in [0.15, 0.2) is 11.6 Å². The van der Waals surface area contributed by atoms with Crippen molar-refractivity contribution in [2.24, 2.45) is 5.73 Å². The molecular weight excluding hydrogens is 324 g/mol. The van der Waals surface area contributed by atoms with E-state index in [1.54, 1.807) is 12.1 Å². The molecule has 2 aromatic rings. The fraction of sp³-hybridized carbons (Fsp3) is 0.375. The molecule has 0 radical (unpaired) electrons. The van der Waals surface area contributed by atoms with Crippen LogP contribution in [0.2, 0.25) is 0 Å². The first-order valence-electron chi connectivity index (χ1n) is 7.92. The normalized spacial score (nSPS) is 11.8. The van der Waals surface area contributed by atoms with Gasteiger partial charge in [0.1, 0.15) is 12.3 Å². The third-order valence-corrected chi connectivity index (χ3v) is 3.41. The summed E-state index contributed by atoms with van der Waals surface area (Å²) in [7, 11) is 0. The van der Waals surface area contributed by atoms with Crippen LogP contribution >= 0.6 is 0 Å². The van der Waals surface area contributed by atoms with Gasteiger partial charge < -0.3 is 26.6 Å². The van der Waals surface area contributed by atoms with E-state index >= 15 is 0 Å². The van der Waals surface area contributed by atoms with Gasteiger partial charge in [-0.25, -0.2) is 9.97 Å². The van der Waals surface area contributed by atoms with Gasteiger partial charge >= 0.3 is 0 Å². The van der Waals surface area contributed by atoms with Crippen LogP contribution in [0.3, 0.4) is 0 Å². The van der Waals surface area contributed by atoms with Crippen LogP contribution in [0, 0.1) is 0 Å². The molecule has 134 valence electrons. The Morgan fingerprint density at radius 3 is 2.88 bits per heavy atom. The Morgan fingerprint density at radius 2 is 2.20 bits per heavy atom. The summed E-state index contributed by atoms with van der Waals surface area (Å²) in [5.41, 5.74) is 11.6. The highest BCUT2D eigenvalue weighted by Gasteiger charge is 2.13. The van der Waals surface area contributed by atoms with Gasteiger partial charge in [-0.05, 0) is 18.6 Å². The van der Waals surface area contributed by atoms with Crippen LogP contribution in [-0.2, 0) is 6.61 Å². The van der Waals surface area contributed by atoms with Crippen LogP contribution in [0.1, 0.15) is 35.9 Å². The number of aromatic nitrogens is 3. The molecule has 1 amide bonds. The summed E-state index contributed by atoms with van der Waals surface area (Å²) >= 11 is 0. The van der Waals surface area contributed by atoms with E-state index in [2.05, 4.69) is 20.3 Å². The second-order valence-corrected chi connectivity index (χ2v) is 5.42. The standard InChI is InChI=1S/C16H22N6O3/c1-2-4-10(8-23)21-15-13(7-19-16(18)22-15)25-9-11-5-3-6-12(20-11)14(17)24/h3,5-7,10,23H,2,4,8-9H2,1H3,(H2,17,24)(H3,18,19,21,22). The van der Waals surface area contributed by atoms with Crippen molar-refractivity contribution in [3.8, 4) is 5.75 Å². The summed E-state index contributed by atoms with van der Waals surface area (Å²) < 4.78 is 5.70. The van der Waals surface area contributed by atoms with Crippen LogP contribution in [0.4, 0.5) is 11.8 Å². The molecule has 0 aliphatic rings. The zero-order valence-corrected chi connectivity index (χ0v) is 14.0. The van der Waals surface area contributed by atoms with Crippen molar-refractivity contribution in [3.05, 3.63) is 35.8 Å². The Balaban J connectivity index is 2.13. The number of hydrogen-bond donors (Lipinski definition) is 4. The van der Waals surface area contributed by atoms with Gasteiger partial charge in [0.2, 0.25) is 5.95 Å². The minimum atomic E-state index is -0.606. The Hall–Kier alpha value is -2.94. The van der Waals surface area contributed by atoms with Gasteiger partial charge in [-0.15, -0.1) is 0 Å². The largest absolute Gasteiger partial charge is 0.482 e. The van der Waals surface area contributed by atoms with Crippen molar-refractivity contribution in [1.29, 1.82) is 0 Å². The minimum absolute atomic E-state index is 0.0423. The lowest BCUT2D eigenvalue weighted by Crippen LogP contribution is -2.24. The monoisotopic (exact) mass is 346 g/mol. The van der Waals surface area contributed by atoms with Crippen molar-refractivity contribution in [2.75, 3.05) is 17.7 Å². The maximum atomic E-state index is 11.2. The number of nitrogens with zero attached hydrogens (tertiary/aromatic N) is 3. The van der Waals surface area contributed by atoms with E-state index in [9.17, 15) is 9.90 Å². The topological polar surface area (TPSA) is 149 Å². The molecular formula is C16H22N6O3. The van der Waals surface area contributed by atoms with Gasteiger partial charge in [-0.3, -0.25) is 4.79 Å². The lowest BCUT2D eigenvalue weighted by atomic mass is 10.2. The van der Waals surface area contributed by atoms with Crippen molar-refractivity contribution in [1.82, 2.24) is 15.0 Å². The first-order chi connectivity index (χ1) is 12.0. The lowest BCUT2D eigenvalue weighted by Gasteiger charge is -2.18. The molecule has 0 saturated carbocycles. The first-order valence-corrected chi connectivity index (χ1v) is 7.92. The van der Waals surface area contributed by atoms with Gasteiger partial charge in [0.25, 0.3) is 5.91 Å². The van der Waals surface area contributed by atoms with E-state index in [0.717, 1.165) is 12.8 Å². The fourth-order valence-corrected chi connectivity index (χ4v) is 2.19. The molecule has 9 nitrogen and oxygen atoms in total. The van der Waals surface area contributed by atoms with E-state index in [-0.39, 0.29) is 30.9 Å². The summed E-state index contributed by atoms with van der Waals surface area (Å²) in [6.07, 6.45) is 3.11. The molecule has 2 aromatic heterocycles. The molecule has 1 unspecified atom stereocenters. The average Bonchev–Trinajstić information content (AvgIpc) is 2.60. The molecule has 0 aromatic carbocycles. The minimum Gasteiger partial charge on any atom is -0.482 e. The molecule has 0 fully saturated rings. The van der Waals surface area contributed by atoms with Crippen LogP contribution in [0.25, 0.3) is 0 Å². The SMILES string of the molecule is CCCC(CO)Nc1nc(N)ncc1OCc1cccc(C(N)=O)n1. The zero-order chi connectivity index (χ0) is 18.2. The molecule has 0 spiro atoms. The maximum Gasteiger partial charge on any atom is 0.267 e. The molecule has 2 heterocycles. The smallest absolute Gasteiger partial charge is 0.267 e. The van der Waals surface area contributed by atoms with Gasteiger partial charge in [-0.1, -0.05) is 19.4 Å². The van der Waals surface area contributed by atoms with E-state index in [4.69, 9.17) is 16.2 Å². The molecule has 0 bridgehead atoms. The Kier molecular flexibility index (Phi) is 6.47. The number of ether oxygens (including phenoxy) is 1. The van der Waals surface area contributed by atoms with E-state index in [0.29, 0.717) is 17.3 Å². The van der Waals surface area contributed by atoms with Gasteiger partial charge in [-0.2, -0.15) is 4.98 Å². The highest BCUT2D eigenvalue weighted by Crippen LogP contribution is 2.24. The number of primary amides is 1. The summed E-state index contributed by atoms with van der Waals surface area (Å²) in [5, 5.41) is 12.5. The second-order valence-electron chi connectivity index (χ2n) is 5.42. The lowest BCUT2D eigenvalue weighted by molar-refractivity contribution is 0.0995. The molecule has 1 atom stereocenters. The number of carbonyl (C=O) groups is 1. The summed E-state index contributed by atoms with van der Waals surface area (Å²) in [4.78, 5) is 23.3. The number of aliphatic hydroxyl groups is 1. The number of nitrogens with two attached hydrogens (primary N) is 2. The van der Waals surface area contributed by atoms with Gasteiger partial charge in [0, 0.05) is 0 Å². The molecule has 0 aliphatic carbocycles. The summed E-state index contributed by atoms with van der Waals surface area (Å²) in [5.74, 6) is 0.253. The van der Waals surface area contributed by atoms with Crippen molar-refractivity contribution < 1.29 is 14.6 Å². The van der Waals surface area contributed by atoms with Crippen LogP contribution < -0.4 is 21.5 Å². The summed E-state index contributed by atoms with van der Waals surface area (Å²) in [6, 6.07) is 4.75. The second kappa shape index (κ2) is 8.78. The summed E-state index contributed by atoms with van der Waals surface area (Å²) in [6.45, 7) is 2.08. The first kappa shape index (κ1) is 18.4. The number of pyridine rings is 1. The number of rotatable bonds is 9. The molecule has 2 rings (SSSR count). The molecule has 25 heavy (non-hydrogen) atoms. The molecule has 0 saturated heterocycles. The van der Waals surface area contributed by atoms with Crippen molar-refractivity contribution in [3.63, 3.8) is 0 Å². The maximum absolute atomic E-state index is 11.2. The van der Waals surface area contributed by atoms with Crippen LogP contribution in [0.15, 0.2) is 24.4 Å². The predicted molar refractivity (Wildman–Crippen MR) is 92.9 cm³/mol. The number of carbonyl (C=O) groups excluding carboxylic acids is 1. The third kappa shape index (κ3) is 5.28. The average molecular weight is 346 g/mol. The quantitative estimate of drug-likeness (QED) is 0.518. The number of aliphatic hydroxyl groups excluding tert-OH is 1. The van der Waals surface area contributed by atoms with Gasteiger partial charge in [0.05, 0.1) is 24.5 Å². The number of anilines is 2. The Bertz CT molecular complexity index is 725. The molecule has 9 heteroatoms. The number of hydrogen-bond acceptors (Lipinski definition) is 8.